The summed E-state index contributed by atoms with van der Waals surface area (Å²) < 4.78 is 0. The number of amides is 3. The smallest absolute Gasteiger partial charge is 0.326 e. The highest BCUT2D eigenvalue weighted by Gasteiger charge is 2.21. The Bertz CT molecular complexity index is 299. The minimum Gasteiger partial charge on any atom is -0.480 e. The number of primary amides is 1. The van der Waals surface area contributed by atoms with Crippen LogP contribution in [0.15, 0.2) is 0 Å². The third-order valence-electron chi connectivity index (χ3n) is 2.07. The van der Waals surface area contributed by atoms with Crippen LogP contribution in [0, 0.1) is 0 Å². The van der Waals surface area contributed by atoms with Crippen LogP contribution < -0.4 is 16.4 Å². The Morgan fingerprint density at radius 2 is 2.00 bits per heavy atom. The Balaban J connectivity index is 3.88. The molecule has 0 bridgehead atoms. The lowest BCUT2D eigenvalue weighted by Crippen LogP contribution is -2.47. The van der Waals surface area contributed by atoms with Crippen molar-refractivity contribution in [2.75, 3.05) is 18.6 Å². The Morgan fingerprint density at radius 3 is 2.50 bits per heavy atom. The summed E-state index contributed by atoms with van der Waals surface area (Å²) in [4.78, 5) is 32.7. The summed E-state index contributed by atoms with van der Waals surface area (Å²) in [6.07, 6.45) is 3.38. The van der Waals surface area contributed by atoms with Gasteiger partial charge in [-0.3, -0.25) is 4.79 Å². The van der Waals surface area contributed by atoms with Crippen molar-refractivity contribution in [2.45, 2.75) is 25.3 Å². The van der Waals surface area contributed by atoms with Gasteiger partial charge in [-0.25, -0.2) is 9.59 Å². The van der Waals surface area contributed by atoms with Crippen LogP contribution in [0.5, 0.6) is 0 Å². The van der Waals surface area contributed by atoms with Gasteiger partial charge in [-0.1, -0.05) is 0 Å². The van der Waals surface area contributed by atoms with Crippen molar-refractivity contribution in [1.29, 1.82) is 0 Å². The predicted octanol–water partition coefficient (Wildman–Crippen LogP) is -0.243. The maximum Gasteiger partial charge on any atom is 0.326 e. The highest BCUT2D eigenvalue weighted by Crippen LogP contribution is 1.98. The van der Waals surface area contributed by atoms with Gasteiger partial charge in [0, 0.05) is 6.54 Å². The van der Waals surface area contributed by atoms with Crippen LogP contribution in [0.2, 0.25) is 0 Å². The molecule has 104 valence electrons. The van der Waals surface area contributed by atoms with E-state index in [0.29, 0.717) is 6.54 Å². The second-order valence-electron chi connectivity index (χ2n) is 3.66. The number of carbonyl (C=O) groups excluding carboxylic acids is 2. The quantitative estimate of drug-likeness (QED) is 0.433. The SMILES string of the molecule is CSCCCCNC(=O)N[C@H](CC(N)=O)C(=O)O. The molecule has 1 atom stereocenters. The maximum absolute atomic E-state index is 11.3. The third kappa shape index (κ3) is 8.68. The fourth-order valence-corrected chi connectivity index (χ4v) is 1.68. The van der Waals surface area contributed by atoms with E-state index in [1.54, 1.807) is 11.8 Å². The van der Waals surface area contributed by atoms with Gasteiger partial charge in [0.05, 0.1) is 6.42 Å². The van der Waals surface area contributed by atoms with E-state index >= 15 is 0 Å². The van der Waals surface area contributed by atoms with Gasteiger partial charge in [-0.15, -0.1) is 0 Å². The Labute approximate surface area is 110 Å². The molecule has 0 aliphatic carbocycles. The molecule has 8 heteroatoms. The first kappa shape index (κ1) is 16.6. The zero-order valence-corrected chi connectivity index (χ0v) is 11.1. The number of carboxylic acid groups (broad SMARTS) is 1. The highest BCUT2D eigenvalue weighted by atomic mass is 32.2. The standard InChI is InChI=1S/C10H19N3O4S/c1-18-5-3-2-4-12-10(17)13-7(9(15)16)6-8(11)14/h7H,2-6H2,1H3,(H2,11,14)(H,15,16)(H2,12,13,17)/t7-/m1/s1. The molecule has 0 aromatic carbocycles. The van der Waals surface area contributed by atoms with E-state index in [0.717, 1.165) is 18.6 Å². The number of carboxylic acids is 1. The molecule has 0 radical (unpaired) electrons. The summed E-state index contributed by atoms with van der Waals surface area (Å²) in [7, 11) is 0. The van der Waals surface area contributed by atoms with Crippen LogP contribution in [0.3, 0.4) is 0 Å². The van der Waals surface area contributed by atoms with E-state index < -0.39 is 30.4 Å². The number of carbonyl (C=O) groups is 3. The summed E-state index contributed by atoms with van der Waals surface area (Å²) >= 11 is 1.72. The van der Waals surface area contributed by atoms with Crippen LogP contribution in [0.1, 0.15) is 19.3 Å². The largest absolute Gasteiger partial charge is 0.480 e. The van der Waals surface area contributed by atoms with Crippen LogP contribution in [-0.4, -0.2) is 47.6 Å². The van der Waals surface area contributed by atoms with Crippen LogP contribution in [0.25, 0.3) is 0 Å². The van der Waals surface area contributed by atoms with Gasteiger partial charge in [0.25, 0.3) is 0 Å². The number of thioether (sulfide) groups is 1. The van der Waals surface area contributed by atoms with Crippen LogP contribution >= 0.6 is 11.8 Å². The van der Waals surface area contributed by atoms with Crippen molar-refractivity contribution in [3.05, 3.63) is 0 Å². The van der Waals surface area contributed by atoms with E-state index in [-0.39, 0.29) is 0 Å². The first-order valence-corrected chi connectivity index (χ1v) is 6.91. The molecule has 0 heterocycles. The minimum absolute atomic E-state index is 0.421. The first-order chi connectivity index (χ1) is 8.47. The molecule has 0 saturated carbocycles. The van der Waals surface area contributed by atoms with E-state index in [1.165, 1.54) is 0 Å². The number of unbranched alkanes of at least 4 members (excludes halogenated alkanes) is 1. The molecule has 0 aromatic heterocycles. The van der Waals surface area contributed by atoms with E-state index in [1.807, 2.05) is 6.26 Å². The van der Waals surface area contributed by atoms with Crippen molar-refractivity contribution in [2.24, 2.45) is 5.73 Å². The molecule has 18 heavy (non-hydrogen) atoms. The average Bonchev–Trinajstić information content (AvgIpc) is 2.27. The lowest BCUT2D eigenvalue weighted by Gasteiger charge is -2.13. The van der Waals surface area contributed by atoms with Gasteiger partial charge in [-0.05, 0) is 24.9 Å². The van der Waals surface area contributed by atoms with E-state index in [9.17, 15) is 14.4 Å². The molecule has 0 spiro atoms. The fourth-order valence-electron chi connectivity index (χ4n) is 1.18. The van der Waals surface area contributed by atoms with Crippen molar-refractivity contribution in [3.63, 3.8) is 0 Å². The summed E-state index contributed by atoms with van der Waals surface area (Å²) in [5.41, 5.74) is 4.89. The zero-order valence-electron chi connectivity index (χ0n) is 10.3. The lowest BCUT2D eigenvalue weighted by atomic mass is 10.2. The van der Waals surface area contributed by atoms with Gasteiger partial charge in [-0.2, -0.15) is 11.8 Å². The summed E-state index contributed by atoms with van der Waals surface area (Å²) in [5.74, 6) is -1.04. The molecular formula is C10H19N3O4S. The summed E-state index contributed by atoms with van der Waals surface area (Å²) in [6, 6.07) is -1.89. The molecule has 7 nitrogen and oxygen atoms in total. The number of nitrogens with one attached hydrogen (secondary N) is 2. The molecule has 0 fully saturated rings. The Kier molecular flexibility index (Phi) is 8.81. The molecule has 0 saturated heterocycles. The highest BCUT2D eigenvalue weighted by molar-refractivity contribution is 7.98. The molecular weight excluding hydrogens is 258 g/mol. The maximum atomic E-state index is 11.3. The predicted molar refractivity (Wildman–Crippen MR) is 69.4 cm³/mol. The van der Waals surface area contributed by atoms with E-state index in [2.05, 4.69) is 10.6 Å². The molecule has 5 N–H and O–H groups in total. The lowest BCUT2D eigenvalue weighted by molar-refractivity contribution is -0.140. The Morgan fingerprint density at radius 1 is 1.33 bits per heavy atom. The van der Waals surface area contributed by atoms with Gasteiger partial charge >= 0.3 is 12.0 Å². The number of hydrogen-bond donors (Lipinski definition) is 4. The Hall–Kier alpha value is -1.44. The molecule has 3 amide bonds. The number of urea groups is 1. The van der Waals surface area contributed by atoms with Gasteiger partial charge in [0.1, 0.15) is 6.04 Å². The second-order valence-corrected chi connectivity index (χ2v) is 4.65. The van der Waals surface area contributed by atoms with Crippen molar-refractivity contribution >= 4 is 29.7 Å². The van der Waals surface area contributed by atoms with Crippen molar-refractivity contribution in [3.8, 4) is 0 Å². The molecule has 0 unspecified atom stereocenters. The topological polar surface area (TPSA) is 122 Å². The fraction of sp³-hybridized carbons (Fsp3) is 0.700. The van der Waals surface area contributed by atoms with Crippen molar-refractivity contribution < 1.29 is 19.5 Å². The number of rotatable bonds is 9. The number of hydrogen-bond acceptors (Lipinski definition) is 4. The zero-order chi connectivity index (χ0) is 14.0. The molecule has 0 aliphatic rings. The van der Waals surface area contributed by atoms with Gasteiger partial charge in [0.15, 0.2) is 0 Å². The second kappa shape index (κ2) is 9.58. The first-order valence-electron chi connectivity index (χ1n) is 5.51. The number of nitrogens with two attached hydrogens (primary N) is 1. The normalized spacial score (nSPS) is 11.6. The van der Waals surface area contributed by atoms with Crippen molar-refractivity contribution in [1.82, 2.24) is 10.6 Å². The summed E-state index contributed by atoms with van der Waals surface area (Å²) in [5, 5.41) is 13.5. The number of aliphatic carboxylic acids is 1. The average molecular weight is 277 g/mol. The molecule has 0 aromatic rings. The summed E-state index contributed by atoms with van der Waals surface area (Å²) in [6.45, 7) is 0.468. The molecule has 0 aliphatic heterocycles. The van der Waals surface area contributed by atoms with Gasteiger partial charge in [0.2, 0.25) is 5.91 Å². The minimum atomic E-state index is -1.29. The molecule has 0 rings (SSSR count). The van der Waals surface area contributed by atoms with Crippen LogP contribution in [0.4, 0.5) is 4.79 Å². The van der Waals surface area contributed by atoms with Crippen LogP contribution in [-0.2, 0) is 9.59 Å². The van der Waals surface area contributed by atoms with E-state index in [4.69, 9.17) is 10.8 Å². The monoisotopic (exact) mass is 277 g/mol. The van der Waals surface area contributed by atoms with Gasteiger partial charge < -0.3 is 21.5 Å². The third-order valence-corrected chi connectivity index (χ3v) is 2.77.